The number of carbonyl (C=O) groups is 1. The number of thiocarbonyl (C=S) groups is 1. The summed E-state index contributed by atoms with van der Waals surface area (Å²) in [5, 5.41) is 17.5. The summed E-state index contributed by atoms with van der Waals surface area (Å²) < 4.78 is 5.92. The topological polar surface area (TPSA) is 114 Å². The van der Waals surface area contributed by atoms with Gasteiger partial charge in [0.2, 0.25) is 0 Å². The van der Waals surface area contributed by atoms with Gasteiger partial charge < -0.3 is 14.6 Å². The molecule has 5 rings (SSSR count). The molecular formula is C30H31N5O4S. The Morgan fingerprint density at radius 2 is 1.80 bits per heavy atom. The van der Waals surface area contributed by atoms with E-state index in [0.717, 1.165) is 48.2 Å². The molecule has 0 radical (unpaired) electrons. The van der Waals surface area contributed by atoms with Crippen molar-refractivity contribution in [2.24, 2.45) is 5.92 Å². The molecule has 1 fully saturated rings. The first-order valence-electron chi connectivity index (χ1n) is 13.3. The summed E-state index contributed by atoms with van der Waals surface area (Å²) in [4.78, 5) is 30.8. The number of nitro benzene ring substituents is 1. The van der Waals surface area contributed by atoms with Crippen LogP contribution in [0.25, 0.3) is 11.1 Å². The minimum Gasteiger partial charge on any atom is -0.440 e. The van der Waals surface area contributed by atoms with Crippen molar-refractivity contribution in [3.05, 3.63) is 92.9 Å². The third kappa shape index (κ3) is 6.12. The number of aryl methyl sites for hydroxylation is 2. The number of hydrogen-bond donors (Lipinski definition) is 2. The molecule has 1 aromatic heterocycles. The SMILES string of the molecule is Cc1cc2nc(Cc3ccc(NC(=S)NC(=O)c4ccc(N5CCC(C)CC5)c([N+](=O)[O-])c4)cc3)oc2cc1C. The van der Waals surface area contributed by atoms with Crippen LogP contribution in [0, 0.1) is 29.9 Å². The highest BCUT2D eigenvalue weighted by molar-refractivity contribution is 7.80. The first-order chi connectivity index (χ1) is 19.2. The molecule has 4 aromatic rings. The van der Waals surface area contributed by atoms with Crippen molar-refractivity contribution in [2.45, 2.75) is 40.0 Å². The number of amides is 1. The highest BCUT2D eigenvalue weighted by Crippen LogP contribution is 2.32. The first-order valence-corrected chi connectivity index (χ1v) is 13.7. The number of aromatic nitrogens is 1. The third-order valence-electron chi connectivity index (χ3n) is 7.40. The van der Waals surface area contributed by atoms with Crippen LogP contribution in [0.2, 0.25) is 0 Å². The Morgan fingerprint density at radius 1 is 1.10 bits per heavy atom. The Bertz CT molecular complexity index is 1550. The number of rotatable bonds is 6. The second kappa shape index (κ2) is 11.4. The Balaban J connectivity index is 1.20. The van der Waals surface area contributed by atoms with Crippen molar-refractivity contribution in [1.29, 1.82) is 0 Å². The maximum Gasteiger partial charge on any atom is 0.293 e. The average molecular weight is 558 g/mol. The Morgan fingerprint density at radius 3 is 2.50 bits per heavy atom. The lowest BCUT2D eigenvalue weighted by molar-refractivity contribution is -0.384. The van der Waals surface area contributed by atoms with E-state index in [4.69, 9.17) is 16.6 Å². The fraction of sp³-hybridized carbons (Fsp3) is 0.300. The number of carbonyl (C=O) groups excluding carboxylic acids is 1. The smallest absolute Gasteiger partial charge is 0.293 e. The monoisotopic (exact) mass is 557 g/mol. The Labute approximate surface area is 237 Å². The lowest BCUT2D eigenvalue weighted by Gasteiger charge is -2.31. The van der Waals surface area contributed by atoms with Gasteiger partial charge >= 0.3 is 0 Å². The average Bonchev–Trinajstić information content (AvgIpc) is 3.30. The number of oxazole rings is 1. The van der Waals surface area contributed by atoms with Crippen LogP contribution in [-0.2, 0) is 6.42 Å². The molecule has 0 saturated carbocycles. The molecule has 2 N–H and O–H groups in total. The van der Waals surface area contributed by atoms with E-state index in [2.05, 4.69) is 29.5 Å². The number of benzene rings is 3. The summed E-state index contributed by atoms with van der Waals surface area (Å²) in [5.41, 5.74) is 6.29. The molecule has 206 valence electrons. The number of anilines is 2. The standard InChI is InChI=1S/C30H31N5O4S/c1-18-10-12-34(13-11-18)25-9-6-22(17-26(25)35(37)38)29(36)33-30(40)31-23-7-4-21(5-8-23)16-28-32-24-14-19(2)20(3)15-27(24)39-28/h4-9,14-15,17-18H,10-13,16H2,1-3H3,(H2,31,33,36,40). The molecule has 1 saturated heterocycles. The maximum atomic E-state index is 12.8. The van der Waals surface area contributed by atoms with Crippen LogP contribution in [0.4, 0.5) is 17.1 Å². The highest BCUT2D eigenvalue weighted by atomic mass is 32.1. The molecule has 3 aromatic carbocycles. The summed E-state index contributed by atoms with van der Waals surface area (Å²) in [7, 11) is 0. The first kappa shape index (κ1) is 27.3. The van der Waals surface area contributed by atoms with Crippen LogP contribution >= 0.6 is 12.2 Å². The molecule has 0 spiro atoms. The van der Waals surface area contributed by atoms with E-state index in [1.807, 2.05) is 48.2 Å². The van der Waals surface area contributed by atoms with Crippen LogP contribution in [0.3, 0.4) is 0 Å². The maximum absolute atomic E-state index is 12.8. The predicted octanol–water partition coefficient (Wildman–Crippen LogP) is 6.31. The van der Waals surface area contributed by atoms with Crippen molar-refractivity contribution in [3.8, 4) is 0 Å². The second-order valence-electron chi connectivity index (χ2n) is 10.4. The van der Waals surface area contributed by atoms with Crippen molar-refractivity contribution >= 4 is 51.4 Å². The zero-order valence-electron chi connectivity index (χ0n) is 22.7. The summed E-state index contributed by atoms with van der Waals surface area (Å²) in [6.45, 7) is 7.80. The van der Waals surface area contributed by atoms with E-state index in [-0.39, 0.29) is 16.4 Å². The van der Waals surface area contributed by atoms with Gasteiger partial charge in [0.1, 0.15) is 11.2 Å². The minimum absolute atomic E-state index is 0.0825. The zero-order valence-corrected chi connectivity index (χ0v) is 23.5. The van der Waals surface area contributed by atoms with Crippen LogP contribution in [-0.4, -0.2) is 34.0 Å². The lowest BCUT2D eigenvalue weighted by Crippen LogP contribution is -2.35. The molecule has 1 amide bonds. The summed E-state index contributed by atoms with van der Waals surface area (Å²) in [6.07, 6.45) is 2.51. The minimum atomic E-state index is -0.516. The molecule has 0 bridgehead atoms. The highest BCUT2D eigenvalue weighted by Gasteiger charge is 2.25. The van der Waals surface area contributed by atoms with Crippen LogP contribution in [0.1, 0.15) is 52.7 Å². The fourth-order valence-electron chi connectivity index (χ4n) is 4.85. The van der Waals surface area contributed by atoms with Gasteiger partial charge in [-0.1, -0.05) is 19.1 Å². The number of piperidine rings is 1. The Hall–Kier alpha value is -4.31. The second-order valence-corrected chi connectivity index (χ2v) is 10.8. The van der Waals surface area contributed by atoms with Gasteiger partial charge in [-0.05, 0) is 97.9 Å². The molecule has 10 heteroatoms. The fourth-order valence-corrected chi connectivity index (χ4v) is 5.06. The molecule has 0 atom stereocenters. The molecule has 1 aliphatic heterocycles. The summed E-state index contributed by atoms with van der Waals surface area (Å²) in [5.74, 6) is 0.725. The van der Waals surface area contributed by atoms with Crippen molar-refractivity contribution in [1.82, 2.24) is 10.3 Å². The summed E-state index contributed by atoms with van der Waals surface area (Å²) >= 11 is 5.32. The Kier molecular flexibility index (Phi) is 7.79. The van der Waals surface area contributed by atoms with E-state index in [1.54, 1.807) is 12.1 Å². The van der Waals surface area contributed by atoms with E-state index in [0.29, 0.717) is 29.6 Å². The molecule has 9 nitrogen and oxygen atoms in total. The lowest BCUT2D eigenvalue weighted by atomic mass is 9.98. The quantitative estimate of drug-likeness (QED) is 0.161. The number of nitro groups is 1. The van der Waals surface area contributed by atoms with Gasteiger partial charge in [0.25, 0.3) is 11.6 Å². The van der Waals surface area contributed by atoms with E-state index in [1.165, 1.54) is 11.6 Å². The van der Waals surface area contributed by atoms with Gasteiger partial charge in [-0.25, -0.2) is 4.98 Å². The third-order valence-corrected chi connectivity index (χ3v) is 7.61. The largest absolute Gasteiger partial charge is 0.440 e. The number of nitrogens with zero attached hydrogens (tertiary/aromatic N) is 3. The predicted molar refractivity (Wildman–Crippen MR) is 160 cm³/mol. The van der Waals surface area contributed by atoms with Crippen LogP contribution in [0.5, 0.6) is 0 Å². The summed E-state index contributed by atoms with van der Waals surface area (Å²) in [6, 6.07) is 16.2. The van der Waals surface area contributed by atoms with Gasteiger partial charge in [-0.2, -0.15) is 0 Å². The molecule has 2 heterocycles. The van der Waals surface area contributed by atoms with Gasteiger partial charge in [-0.15, -0.1) is 0 Å². The van der Waals surface area contributed by atoms with Gasteiger partial charge in [0.05, 0.1) is 4.92 Å². The van der Waals surface area contributed by atoms with E-state index >= 15 is 0 Å². The number of nitrogens with one attached hydrogen (secondary N) is 2. The van der Waals surface area contributed by atoms with Crippen molar-refractivity contribution in [2.75, 3.05) is 23.3 Å². The van der Waals surface area contributed by atoms with Crippen molar-refractivity contribution < 1.29 is 14.1 Å². The normalized spacial score (nSPS) is 13.8. The molecule has 40 heavy (non-hydrogen) atoms. The number of fused-ring (bicyclic) bond motifs is 1. The van der Waals surface area contributed by atoms with E-state index in [9.17, 15) is 14.9 Å². The van der Waals surface area contributed by atoms with Gasteiger partial charge in [0.15, 0.2) is 16.6 Å². The molecule has 0 unspecified atom stereocenters. The molecule has 0 aliphatic carbocycles. The zero-order chi connectivity index (χ0) is 28.4. The van der Waals surface area contributed by atoms with Gasteiger partial charge in [-0.3, -0.25) is 20.2 Å². The van der Waals surface area contributed by atoms with Gasteiger partial charge in [0, 0.05) is 36.8 Å². The van der Waals surface area contributed by atoms with Crippen LogP contribution < -0.4 is 15.5 Å². The number of hydrogen-bond acceptors (Lipinski definition) is 7. The van der Waals surface area contributed by atoms with E-state index < -0.39 is 10.8 Å². The van der Waals surface area contributed by atoms with Crippen LogP contribution in [0.15, 0.2) is 59.0 Å². The molecule has 1 aliphatic rings. The molecular weight excluding hydrogens is 526 g/mol. The van der Waals surface area contributed by atoms with Crippen molar-refractivity contribution in [3.63, 3.8) is 0 Å².